The van der Waals surface area contributed by atoms with Gasteiger partial charge in [0.15, 0.2) is 0 Å². The molecule has 1 aromatic carbocycles. The number of likely N-dealkylation sites (N-methyl/N-ethyl adjacent to an activating group) is 1. The third kappa shape index (κ3) is 2.63. The molecule has 0 saturated carbocycles. The van der Waals surface area contributed by atoms with Crippen LogP contribution in [0.5, 0.6) is 0 Å². The summed E-state index contributed by atoms with van der Waals surface area (Å²) in [5.41, 5.74) is -0.135. The summed E-state index contributed by atoms with van der Waals surface area (Å²) in [7, 11) is 3.06. The van der Waals surface area contributed by atoms with Crippen LogP contribution in [0.25, 0.3) is 0 Å². The molecule has 0 unspecified atom stereocenters. The molecule has 6 heteroatoms. The van der Waals surface area contributed by atoms with Gasteiger partial charge in [-0.3, -0.25) is 14.5 Å². The minimum Gasteiger partial charge on any atom is -0.481 e. The van der Waals surface area contributed by atoms with Crippen molar-refractivity contribution in [3.8, 4) is 0 Å². The zero-order valence-corrected chi connectivity index (χ0v) is 12.9. The second-order valence-corrected chi connectivity index (χ2v) is 5.96. The zero-order chi connectivity index (χ0) is 15.8. The highest BCUT2D eigenvalue weighted by atomic mass is 35.5. The van der Waals surface area contributed by atoms with Gasteiger partial charge in [-0.05, 0) is 38.1 Å². The number of hydrogen-bond donors (Lipinski definition) is 1. The fraction of sp³-hybridized carbons (Fsp3) is 0.467. The van der Waals surface area contributed by atoms with Gasteiger partial charge >= 0.3 is 11.9 Å². The number of nitrogens with zero attached hydrogens (tertiary/aromatic N) is 1. The molecule has 3 atom stereocenters. The molecule has 1 aromatic rings. The first kappa shape index (κ1) is 15.8. The van der Waals surface area contributed by atoms with Gasteiger partial charge < -0.3 is 9.84 Å². The summed E-state index contributed by atoms with van der Waals surface area (Å²) in [6, 6.07) is 6.63. The van der Waals surface area contributed by atoms with E-state index in [2.05, 4.69) is 0 Å². The van der Waals surface area contributed by atoms with Crippen molar-refractivity contribution in [3.05, 3.63) is 34.9 Å². The van der Waals surface area contributed by atoms with Crippen molar-refractivity contribution in [3.63, 3.8) is 0 Å². The molecule has 0 bridgehead atoms. The molecule has 0 radical (unpaired) electrons. The van der Waals surface area contributed by atoms with E-state index < -0.39 is 29.4 Å². The predicted octanol–water partition coefficient (Wildman–Crippen LogP) is 2.35. The van der Waals surface area contributed by atoms with Crippen LogP contribution in [0.15, 0.2) is 24.3 Å². The molecule has 0 amide bonds. The predicted molar refractivity (Wildman–Crippen MR) is 78.1 cm³/mol. The van der Waals surface area contributed by atoms with Crippen LogP contribution in [-0.2, 0) is 14.3 Å². The summed E-state index contributed by atoms with van der Waals surface area (Å²) >= 11 is 5.88. The number of methoxy groups -OCH3 is 1. The molecule has 1 heterocycles. The second kappa shape index (κ2) is 5.66. The van der Waals surface area contributed by atoms with E-state index in [4.69, 9.17) is 16.3 Å². The maximum absolute atomic E-state index is 12.1. The summed E-state index contributed by atoms with van der Waals surface area (Å²) in [4.78, 5) is 25.4. The van der Waals surface area contributed by atoms with Crippen molar-refractivity contribution < 1.29 is 19.4 Å². The summed E-state index contributed by atoms with van der Waals surface area (Å²) < 4.78 is 4.84. The van der Waals surface area contributed by atoms with Crippen LogP contribution in [0, 0.1) is 5.92 Å². The number of benzene rings is 1. The van der Waals surface area contributed by atoms with Crippen LogP contribution in [0.1, 0.15) is 24.9 Å². The molecule has 21 heavy (non-hydrogen) atoms. The third-order valence-corrected chi connectivity index (χ3v) is 4.60. The van der Waals surface area contributed by atoms with Crippen LogP contribution in [0.4, 0.5) is 0 Å². The van der Waals surface area contributed by atoms with Gasteiger partial charge in [-0.25, -0.2) is 0 Å². The molecule has 0 aliphatic carbocycles. The van der Waals surface area contributed by atoms with Crippen molar-refractivity contribution >= 4 is 23.5 Å². The molecule has 1 fully saturated rings. The number of carbonyl (C=O) groups is 2. The Morgan fingerprint density at radius 1 is 1.38 bits per heavy atom. The molecule has 114 valence electrons. The highest BCUT2D eigenvalue weighted by molar-refractivity contribution is 6.30. The Hall–Kier alpha value is -1.59. The van der Waals surface area contributed by atoms with Gasteiger partial charge in [-0.1, -0.05) is 23.7 Å². The number of hydrogen-bond acceptors (Lipinski definition) is 4. The van der Waals surface area contributed by atoms with Gasteiger partial charge in [0.05, 0.1) is 13.0 Å². The summed E-state index contributed by atoms with van der Waals surface area (Å²) in [5.74, 6) is -2.03. The lowest BCUT2D eigenvalue weighted by atomic mass is 9.90. The topological polar surface area (TPSA) is 66.8 Å². The van der Waals surface area contributed by atoms with Crippen LogP contribution < -0.4 is 0 Å². The second-order valence-electron chi connectivity index (χ2n) is 5.52. The van der Waals surface area contributed by atoms with E-state index in [-0.39, 0.29) is 6.42 Å². The standard InChI is InChI=1S/C15H18ClNO4/c1-15(14(20)21-3)8-11(13(18)19)12(17(15)2)9-4-6-10(16)7-5-9/h4-7,11-12H,8H2,1-3H3,(H,18,19)/t11-,12-,15-/m1/s1. The normalized spacial score (nSPS) is 29.3. The molecular formula is C15H18ClNO4. The number of halogens is 1. The maximum Gasteiger partial charge on any atom is 0.326 e. The highest BCUT2D eigenvalue weighted by Crippen LogP contribution is 2.46. The number of carbonyl (C=O) groups excluding carboxylic acids is 1. The van der Waals surface area contributed by atoms with E-state index in [0.717, 1.165) is 5.56 Å². The minimum atomic E-state index is -0.956. The molecule has 0 spiro atoms. The Labute approximate surface area is 128 Å². The van der Waals surface area contributed by atoms with E-state index in [0.29, 0.717) is 5.02 Å². The molecule has 0 aromatic heterocycles. The first-order valence-corrected chi connectivity index (χ1v) is 6.98. The molecule has 2 rings (SSSR count). The quantitative estimate of drug-likeness (QED) is 0.868. The van der Waals surface area contributed by atoms with E-state index in [1.54, 1.807) is 43.1 Å². The molecule has 1 saturated heterocycles. The number of rotatable bonds is 3. The van der Waals surface area contributed by atoms with Gasteiger partial charge in [0.1, 0.15) is 5.54 Å². The fourth-order valence-electron chi connectivity index (χ4n) is 3.05. The minimum absolute atomic E-state index is 0.207. The smallest absolute Gasteiger partial charge is 0.326 e. The van der Waals surface area contributed by atoms with Crippen LogP contribution >= 0.6 is 11.6 Å². The summed E-state index contributed by atoms with van der Waals surface area (Å²) in [6.07, 6.45) is 0.207. The number of ether oxygens (including phenoxy) is 1. The van der Waals surface area contributed by atoms with Gasteiger partial charge in [-0.15, -0.1) is 0 Å². The Morgan fingerprint density at radius 2 is 1.95 bits per heavy atom. The fourth-order valence-corrected chi connectivity index (χ4v) is 3.17. The van der Waals surface area contributed by atoms with Crippen molar-refractivity contribution in [1.82, 2.24) is 4.90 Å². The molecule has 1 N–H and O–H groups in total. The number of likely N-dealkylation sites (tertiary alicyclic amines) is 1. The van der Waals surface area contributed by atoms with Gasteiger partial charge in [-0.2, -0.15) is 0 Å². The monoisotopic (exact) mass is 311 g/mol. The largest absolute Gasteiger partial charge is 0.481 e. The average Bonchev–Trinajstić information content (AvgIpc) is 2.73. The molecule has 5 nitrogen and oxygen atoms in total. The Kier molecular flexibility index (Phi) is 4.25. The van der Waals surface area contributed by atoms with Crippen molar-refractivity contribution in [1.29, 1.82) is 0 Å². The third-order valence-electron chi connectivity index (χ3n) is 4.35. The molecule has 1 aliphatic rings. The molecule has 1 aliphatic heterocycles. The maximum atomic E-state index is 12.1. The number of carboxylic acid groups (broad SMARTS) is 1. The number of aliphatic carboxylic acids is 1. The van der Waals surface area contributed by atoms with Crippen LogP contribution in [-0.4, -0.2) is 41.6 Å². The average molecular weight is 312 g/mol. The van der Waals surface area contributed by atoms with E-state index in [1.165, 1.54) is 7.11 Å². The first-order valence-electron chi connectivity index (χ1n) is 6.61. The van der Waals surface area contributed by atoms with Crippen LogP contribution in [0.3, 0.4) is 0 Å². The van der Waals surface area contributed by atoms with Crippen molar-refractivity contribution in [2.24, 2.45) is 5.92 Å². The SMILES string of the molecule is COC(=O)[C@@]1(C)C[C@@H](C(=O)O)[C@@H](c2ccc(Cl)cc2)N1C. The van der Waals surface area contributed by atoms with Crippen molar-refractivity contribution in [2.75, 3.05) is 14.2 Å². The van der Waals surface area contributed by atoms with Crippen LogP contribution in [0.2, 0.25) is 5.02 Å². The lowest BCUT2D eigenvalue weighted by molar-refractivity contribution is -0.152. The van der Waals surface area contributed by atoms with Gasteiger partial charge in [0.25, 0.3) is 0 Å². The van der Waals surface area contributed by atoms with Gasteiger partial charge in [0, 0.05) is 11.1 Å². The van der Waals surface area contributed by atoms with E-state index in [9.17, 15) is 14.7 Å². The van der Waals surface area contributed by atoms with Crippen molar-refractivity contribution in [2.45, 2.75) is 24.9 Å². The summed E-state index contributed by atoms with van der Waals surface area (Å²) in [5, 5.41) is 10.1. The van der Waals surface area contributed by atoms with E-state index in [1.807, 2.05) is 0 Å². The van der Waals surface area contributed by atoms with E-state index >= 15 is 0 Å². The van der Waals surface area contributed by atoms with Gasteiger partial charge in [0.2, 0.25) is 0 Å². The molecular weight excluding hydrogens is 294 g/mol. The number of esters is 1. The summed E-state index contributed by atoms with van der Waals surface area (Å²) in [6.45, 7) is 1.71. The zero-order valence-electron chi connectivity index (χ0n) is 12.2. The highest BCUT2D eigenvalue weighted by Gasteiger charge is 2.55. The lowest BCUT2D eigenvalue weighted by Crippen LogP contribution is -2.47. The Bertz CT molecular complexity index is 559. The first-order chi connectivity index (χ1) is 9.81. The Balaban J connectivity index is 2.44. The Morgan fingerprint density at radius 3 is 2.43 bits per heavy atom. The lowest BCUT2D eigenvalue weighted by Gasteiger charge is -2.32. The number of carboxylic acids is 1.